The summed E-state index contributed by atoms with van der Waals surface area (Å²) in [4.78, 5) is 17.7. The molecule has 106 valence electrons. The molecule has 0 aromatic carbocycles. The van der Waals surface area contributed by atoms with Crippen LogP contribution >= 0.6 is 0 Å². The summed E-state index contributed by atoms with van der Waals surface area (Å²) in [6.45, 7) is 5.81. The second-order valence-corrected chi connectivity index (χ2v) is 4.99. The van der Waals surface area contributed by atoms with Crippen LogP contribution in [0.1, 0.15) is 0 Å². The van der Waals surface area contributed by atoms with E-state index in [-0.39, 0.29) is 6.61 Å². The summed E-state index contributed by atoms with van der Waals surface area (Å²) in [6.07, 6.45) is 0. The Hall–Kier alpha value is -0.690. The van der Waals surface area contributed by atoms with E-state index in [0.717, 1.165) is 39.3 Å². The zero-order chi connectivity index (χ0) is 13.5. The number of hydrogen-bond acceptors (Lipinski definition) is 5. The topological polar surface area (TPSA) is 56.3 Å². The predicted molar refractivity (Wildman–Crippen MR) is 69.9 cm³/mol. The van der Waals surface area contributed by atoms with Crippen LogP contribution in [0.25, 0.3) is 0 Å². The van der Waals surface area contributed by atoms with Gasteiger partial charge in [0.25, 0.3) is 0 Å². The van der Waals surface area contributed by atoms with Gasteiger partial charge in [-0.05, 0) is 14.1 Å². The lowest BCUT2D eigenvalue weighted by Gasteiger charge is -2.37. The number of carbonyl (C=O) groups is 1. The first-order valence-electron chi connectivity index (χ1n) is 6.37. The van der Waals surface area contributed by atoms with Crippen molar-refractivity contribution < 1.29 is 14.6 Å². The SMILES string of the molecule is COCC(C(=O)O)N1CCN(CCN(C)C)CC1. The second-order valence-electron chi connectivity index (χ2n) is 4.99. The molecule has 1 N–H and O–H groups in total. The van der Waals surface area contributed by atoms with E-state index in [2.05, 4.69) is 23.9 Å². The summed E-state index contributed by atoms with van der Waals surface area (Å²) in [5.41, 5.74) is 0. The van der Waals surface area contributed by atoms with Crippen molar-refractivity contribution in [3.8, 4) is 0 Å². The number of piperazine rings is 1. The van der Waals surface area contributed by atoms with Gasteiger partial charge in [0.05, 0.1) is 6.61 Å². The van der Waals surface area contributed by atoms with Crippen LogP contribution in [-0.4, -0.2) is 98.9 Å². The van der Waals surface area contributed by atoms with E-state index in [1.807, 2.05) is 4.90 Å². The Morgan fingerprint density at radius 2 is 1.94 bits per heavy atom. The zero-order valence-electron chi connectivity index (χ0n) is 11.6. The number of rotatable bonds is 7. The summed E-state index contributed by atoms with van der Waals surface area (Å²) >= 11 is 0. The molecule has 6 nitrogen and oxygen atoms in total. The van der Waals surface area contributed by atoms with Gasteiger partial charge in [-0.2, -0.15) is 0 Å². The van der Waals surface area contributed by atoms with E-state index >= 15 is 0 Å². The Kier molecular flexibility index (Phi) is 6.56. The van der Waals surface area contributed by atoms with E-state index in [1.54, 1.807) is 7.11 Å². The van der Waals surface area contributed by atoms with Crippen LogP contribution in [-0.2, 0) is 9.53 Å². The van der Waals surface area contributed by atoms with Crippen LogP contribution in [0.15, 0.2) is 0 Å². The molecule has 0 aliphatic carbocycles. The van der Waals surface area contributed by atoms with E-state index in [4.69, 9.17) is 9.84 Å². The second kappa shape index (κ2) is 7.68. The van der Waals surface area contributed by atoms with Gasteiger partial charge in [-0.1, -0.05) is 0 Å². The van der Waals surface area contributed by atoms with Gasteiger partial charge in [0.1, 0.15) is 6.04 Å². The average Bonchev–Trinajstić information content (AvgIpc) is 2.34. The smallest absolute Gasteiger partial charge is 0.323 e. The molecule has 1 heterocycles. The largest absolute Gasteiger partial charge is 0.480 e. The molecule has 1 atom stereocenters. The van der Waals surface area contributed by atoms with Gasteiger partial charge < -0.3 is 14.7 Å². The molecule has 0 radical (unpaired) electrons. The van der Waals surface area contributed by atoms with Gasteiger partial charge in [-0.3, -0.25) is 14.6 Å². The highest BCUT2D eigenvalue weighted by molar-refractivity contribution is 5.73. The first-order valence-corrected chi connectivity index (χ1v) is 6.37. The highest BCUT2D eigenvalue weighted by atomic mass is 16.5. The lowest BCUT2D eigenvalue weighted by atomic mass is 10.2. The molecular weight excluding hydrogens is 234 g/mol. The molecule has 0 aromatic heterocycles. The Bertz CT molecular complexity index is 253. The summed E-state index contributed by atoms with van der Waals surface area (Å²) in [6, 6.07) is -0.508. The zero-order valence-corrected chi connectivity index (χ0v) is 11.6. The number of aliphatic carboxylic acids is 1. The quantitative estimate of drug-likeness (QED) is 0.650. The van der Waals surface area contributed by atoms with Crippen LogP contribution in [0.4, 0.5) is 0 Å². The molecule has 1 saturated heterocycles. The van der Waals surface area contributed by atoms with E-state index in [1.165, 1.54) is 0 Å². The molecule has 0 spiro atoms. The van der Waals surface area contributed by atoms with E-state index < -0.39 is 12.0 Å². The molecular formula is C12H25N3O3. The van der Waals surface area contributed by atoms with Gasteiger partial charge in [0, 0.05) is 46.4 Å². The number of hydrogen-bond donors (Lipinski definition) is 1. The highest BCUT2D eigenvalue weighted by Gasteiger charge is 2.28. The first kappa shape index (κ1) is 15.4. The van der Waals surface area contributed by atoms with E-state index in [0.29, 0.717) is 0 Å². The summed E-state index contributed by atoms with van der Waals surface area (Å²) in [5, 5.41) is 9.16. The van der Waals surface area contributed by atoms with E-state index in [9.17, 15) is 4.79 Å². The monoisotopic (exact) mass is 259 g/mol. The molecule has 0 aromatic rings. The summed E-state index contributed by atoms with van der Waals surface area (Å²) in [5.74, 6) is -0.793. The number of ether oxygens (including phenoxy) is 1. The van der Waals surface area contributed by atoms with Crippen LogP contribution in [0.2, 0.25) is 0 Å². The third-order valence-electron chi connectivity index (χ3n) is 3.32. The van der Waals surface area contributed by atoms with Crippen molar-refractivity contribution >= 4 is 5.97 Å². The maximum absolute atomic E-state index is 11.1. The first-order chi connectivity index (χ1) is 8.54. The number of methoxy groups -OCH3 is 1. The van der Waals surface area contributed by atoms with Crippen molar-refractivity contribution in [2.24, 2.45) is 0 Å². The predicted octanol–water partition coefficient (Wildman–Crippen LogP) is -0.735. The molecule has 1 unspecified atom stereocenters. The number of likely N-dealkylation sites (N-methyl/N-ethyl adjacent to an activating group) is 1. The molecule has 1 aliphatic heterocycles. The van der Waals surface area contributed by atoms with Crippen molar-refractivity contribution in [2.45, 2.75) is 6.04 Å². The lowest BCUT2D eigenvalue weighted by molar-refractivity contribution is -0.146. The third-order valence-corrected chi connectivity index (χ3v) is 3.32. The molecule has 0 bridgehead atoms. The maximum Gasteiger partial charge on any atom is 0.323 e. The third kappa shape index (κ3) is 4.89. The van der Waals surface area contributed by atoms with Crippen molar-refractivity contribution in [3.63, 3.8) is 0 Å². The fourth-order valence-electron chi connectivity index (χ4n) is 2.13. The molecule has 18 heavy (non-hydrogen) atoms. The van der Waals surface area contributed by atoms with Gasteiger partial charge in [0.15, 0.2) is 0 Å². The molecule has 0 amide bonds. The molecule has 1 fully saturated rings. The van der Waals surface area contributed by atoms with Gasteiger partial charge in [0.2, 0.25) is 0 Å². The van der Waals surface area contributed by atoms with Crippen LogP contribution < -0.4 is 0 Å². The van der Waals surface area contributed by atoms with Crippen LogP contribution in [0, 0.1) is 0 Å². The fraction of sp³-hybridized carbons (Fsp3) is 0.917. The molecule has 0 saturated carbocycles. The minimum atomic E-state index is -0.793. The number of nitrogens with zero attached hydrogens (tertiary/aromatic N) is 3. The molecule has 1 aliphatic rings. The van der Waals surface area contributed by atoms with Crippen LogP contribution in [0.3, 0.4) is 0 Å². The summed E-state index contributed by atoms with van der Waals surface area (Å²) in [7, 11) is 5.67. The Morgan fingerprint density at radius 3 is 2.39 bits per heavy atom. The van der Waals surface area contributed by atoms with Gasteiger partial charge >= 0.3 is 5.97 Å². The average molecular weight is 259 g/mol. The summed E-state index contributed by atoms with van der Waals surface area (Å²) < 4.78 is 4.98. The Labute approximate surface area is 109 Å². The Morgan fingerprint density at radius 1 is 1.33 bits per heavy atom. The lowest BCUT2D eigenvalue weighted by Crippen LogP contribution is -2.54. The van der Waals surface area contributed by atoms with Gasteiger partial charge in [-0.25, -0.2) is 0 Å². The van der Waals surface area contributed by atoms with Crippen LogP contribution in [0.5, 0.6) is 0 Å². The molecule has 1 rings (SSSR count). The normalized spacial score (nSPS) is 20.2. The van der Waals surface area contributed by atoms with Crippen molar-refractivity contribution in [2.75, 3.05) is 67.1 Å². The Balaban J connectivity index is 2.35. The van der Waals surface area contributed by atoms with Gasteiger partial charge in [-0.15, -0.1) is 0 Å². The molecule has 6 heteroatoms. The number of carboxylic acid groups (broad SMARTS) is 1. The maximum atomic E-state index is 11.1. The van der Waals surface area contributed by atoms with Crippen molar-refractivity contribution in [1.82, 2.24) is 14.7 Å². The standard InChI is InChI=1S/C12H25N3O3/c1-13(2)4-5-14-6-8-15(9-7-14)11(10-18-3)12(16)17/h11H,4-10H2,1-3H3,(H,16,17). The minimum absolute atomic E-state index is 0.257. The number of carboxylic acids is 1. The van der Waals surface area contributed by atoms with Crippen molar-refractivity contribution in [1.29, 1.82) is 0 Å². The van der Waals surface area contributed by atoms with Crippen molar-refractivity contribution in [3.05, 3.63) is 0 Å². The fourth-order valence-corrected chi connectivity index (χ4v) is 2.13. The highest BCUT2D eigenvalue weighted by Crippen LogP contribution is 2.07. The minimum Gasteiger partial charge on any atom is -0.480 e.